The highest BCUT2D eigenvalue weighted by Gasteiger charge is 2.51. The number of aromatic nitrogens is 2. The van der Waals surface area contributed by atoms with E-state index in [-0.39, 0.29) is 13.2 Å². The molecule has 2 aliphatic rings. The lowest BCUT2D eigenvalue weighted by Crippen LogP contribution is -2.40. The summed E-state index contributed by atoms with van der Waals surface area (Å²) < 4.78 is 23.2. The number of fused-ring (bicyclic) bond motifs is 1. The van der Waals surface area contributed by atoms with E-state index in [1.54, 1.807) is 0 Å². The SMILES string of the molecule is CC(=O)OC[C@H]1O[C@@H](n2cnc3c2N=CNC3CO)[C@H](OC(C)=O)[C@@H]1OC(C)=O. The van der Waals surface area contributed by atoms with E-state index in [1.165, 1.54) is 38.0 Å². The van der Waals surface area contributed by atoms with Crippen LogP contribution in [0.2, 0.25) is 0 Å². The molecule has 5 atom stereocenters. The first-order chi connectivity index (χ1) is 13.8. The first kappa shape index (κ1) is 20.7. The molecule has 3 rings (SSSR count). The van der Waals surface area contributed by atoms with E-state index in [4.69, 9.17) is 18.9 Å². The van der Waals surface area contributed by atoms with E-state index < -0.39 is 48.5 Å². The molecule has 0 aliphatic carbocycles. The molecule has 158 valence electrons. The van der Waals surface area contributed by atoms with Crippen molar-refractivity contribution in [2.24, 2.45) is 4.99 Å². The minimum absolute atomic E-state index is 0.206. The highest BCUT2D eigenvalue weighted by Crippen LogP contribution is 2.39. The first-order valence-corrected chi connectivity index (χ1v) is 8.91. The van der Waals surface area contributed by atoms with Gasteiger partial charge in [0, 0.05) is 20.8 Å². The molecule has 0 saturated carbocycles. The zero-order valence-electron chi connectivity index (χ0n) is 16.1. The lowest BCUT2D eigenvalue weighted by atomic mass is 10.1. The fourth-order valence-corrected chi connectivity index (χ4v) is 3.26. The van der Waals surface area contributed by atoms with Crippen LogP contribution in [0.25, 0.3) is 0 Å². The van der Waals surface area contributed by atoms with Crippen molar-refractivity contribution < 1.29 is 38.4 Å². The maximum atomic E-state index is 11.7. The van der Waals surface area contributed by atoms with E-state index in [0.29, 0.717) is 11.5 Å². The van der Waals surface area contributed by atoms with Gasteiger partial charge in [0.25, 0.3) is 0 Å². The molecule has 1 unspecified atom stereocenters. The van der Waals surface area contributed by atoms with Crippen molar-refractivity contribution in [1.29, 1.82) is 0 Å². The summed E-state index contributed by atoms with van der Waals surface area (Å²) in [5, 5.41) is 12.4. The van der Waals surface area contributed by atoms with Crippen molar-refractivity contribution in [1.82, 2.24) is 14.9 Å². The second kappa shape index (κ2) is 8.57. The van der Waals surface area contributed by atoms with E-state index in [9.17, 15) is 19.5 Å². The Morgan fingerprint density at radius 3 is 2.48 bits per heavy atom. The zero-order chi connectivity index (χ0) is 21.1. The molecule has 0 spiro atoms. The van der Waals surface area contributed by atoms with Crippen molar-refractivity contribution in [3.8, 4) is 0 Å². The molecule has 1 aromatic rings. The number of carbonyl (C=O) groups is 3. The third kappa shape index (κ3) is 4.38. The van der Waals surface area contributed by atoms with E-state index in [2.05, 4.69) is 15.3 Å². The average molecular weight is 410 g/mol. The predicted molar refractivity (Wildman–Crippen MR) is 95.0 cm³/mol. The van der Waals surface area contributed by atoms with Gasteiger partial charge in [-0.25, -0.2) is 9.98 Å². The molecule has 0 aromatic carbocycles. The summed E-state index contributed by atoms with van der Waals surface area (Å²) in [5.74, 6) is -1.37. The van der Waals surface area contributed by atoms with Crippen LogP contribution in [0, 0.1) is 0 Å². The van der Waals surface area contributed by atoms with Crippen molar-refractivity contribution in [3.05, 3.63) is 12.0 Å². The monoisotopic (exact) mass is 410 g/mol. The van der Waals surface area contributed by atoms with Crippen LogP contribution >= 0.6 is 0 Å². The molecule has 1 fully saturated rings. The largest absolute Gasteiger partial charge is 0.463 e. The van der Waals surface area contributed by atoms with Crippen molar-refractivity contribution in [2.75, 3.05) is 13.2 Å². The van der Waals surface area contributed by atoms with Gasteiger partial charge in [-0.2, -0.15) is 0 Å². The molecule has 1 saturated heterocycles. The summed E-state index contributed by atoms with van der Waals surface area (Å²) in [4.78, 5) is 43.0. The molecule has 12 nitrogen and oxygen atoms in total. The number of hydrogen-bond donors (Lipinski definition) is 2. The van der Waals surface area contributed by atoms with Gasteiger partial charge in [-0.1, -0.05) is 0 Å². The van der Waals surface area contributed by atoms with Crippen molar-refractivity contribution >= 4 is 30.1 Å². The molecule has 0 amide bonds. The second-order valence-electron chi connectivity index (χ2n) is 6.54. The topological polar surface area (TPSA) is 151 Å². The number of rotatable bonds is 6. The summed E-state index contributed by atoms with van der Waals surface area (Å²) in [6.07, 6.45) is -1.04. The average Bonchev–Trinajstić information content (AvgIpc) is 3.21. The maximum Gasteiger partial charge on any atom is 0.303 e. The summed E-state index contributed by atoms with van der Waals surface area (Å²) >= 11 is 0. The lowest BCUT2D eigenvalue weighted by Gasteiger charge is -2.25. The molecule has 1 aromatic heterocycles. The van der Waals surface area contributed by atoms with Crippen molar-refractivity contribution in [3.63, 3.8) is 0 Å². The van der Waals surface area contributed by atoms with Gasteiger partial charge in [0.15, 0.2) is 24.3 Å². The summed E-state index contributed by atoms with van der Waals surface area (Å²) in [7, 11) is 0. The van der Waals surface area contributed by atoms with Gasteiger partial charge in [0.2, 0.25) is 0 Å². The Kier molecular flexibility index (Phi) is 6.13. The number of imidazole rings is 1. The lowest BCUT2D eigenvalue weighted by molar-refractivity contribution is -0.166. The molecule has 2 aliphatic heterocycles. The van der Waals surface area contributed by atoms with Crippen LogP contribution in [0.1, 0.15) is 38.7 Å². The van der Waals surface area contributed by atoms with E-state index in [1.807, 2.05) is 0 Å². The Hall–Kier alpha value is -2.99. The van der Waals surface area contributed by atoms with Gasteiger partial charge in [0.05, 0.1) is 25.3 Å². The van der Waals surface area contributed by atoms with Crippen LogP contribution in [0.3, 0.4) is 0 Å². The van der Waals surface area contributed by atoms with Gasteiger partial charge >= 0.3 is 17.9 Å². The fraction of sp³-hybridized carbons (Fsp3) is 0.588. The Labute approximate surface area is 165 Å². The molecule has 0 bridgehead atoms. The Morgan fingerprint density at radius 2 is 1.86 bits per heavy atom. The molecule has 0 radical (unpaired) electrons. The number of aliphatic hydroxyl groups excluding tert-OH is 1. The van der Waals surface area contributed by atoms with Crippen LogP contribution in [0.15, 0.2) is 11.3 Å². The van der Waals surface area contributed by atoms with Crippen molar-refractivity contribution in [2.45, 2.75) is 51.4 Å². The summed E-state index contributed by atoms with van der Waals surface area (Å²) in [5.41, 5.74) is 0.479. The number of aliphatic hydroxyl groups is 1. The summed E-state index contributed by atoms with van der Waals surface area (Å²) in [6.45, 7) is 3.25. The highest BCUT2D eigenvalue weighted by atomic mass is 16.7. The normalized spacial score (nSPS) is 27.7. The molecule has 12 heteroatoms. The minimum Gasteiger partial charge on any atom is -0.463 e. The molecule has 2 N–H and O–H groups in total. The van der Waals surface area contributed by atoms with E-state index >= 15 is 0 Å². The van der Waals surface area contributed by atoms with Crippen LogP contribution in [-0.4, -0.2) is 70.4 Å². The zero-order valence-corrected chi connectivity index (χ0v) is 16.1. The Morgan fingerprint density at radius 1 is 1.17 bits per heavy atom. The third-order valence-electron chi connectivity index (χ3n) is 4.38. The molecular weight excluding hydrogens is 388 g/mol. The summed E-state index contributed by atoms with van der Waals surface area (Å²) in [6, 6.07) is -0.460. The van der Waals surface area contributed by atoms with Gasteiger partial charge in [-0.3, -0.25) is 19.0 Å². The number of ether oxygens (including phenoxy) is 4. The Balaban J connectivity index is 1.96. The van der Waals surface area contributed by atoms with Gasteiger partial charge in [-0.05, 0) is 0 Å². The van der Waals surface area contributed by atoms with Crippen LogP contribution in [0.4, 0.5) is 5.82 Å². The Bertz CT molecular complexity index is 822. The number of esters is 3. The number of carbonyl (C=O) groups excluding carboxylic acids is 3. The second-order valence-corrected chi connectivity index (χ2v) is 6.54. The minimum atomic E-state index is -1.03. The predicted octanol–water partition coefficient (Wildman–Crippen LogP) is -0.497. The van der Waals surface area contributed by atoms with Crippen LogP contribution in [-0.2, 0) is 33.3 Å². The number of hydrogen-bond acceptors (Lipinski definition) is 11. The third-order valence-corrected chi connectivity index (χ3v) is 4.38. The smallest absolute Gasteiger partial charge is 0.303 e. The van der Waals surface area contributed by atoms with Gasteiger partial charge in [-0.15, -0.1) is 0 Å². The van der Waals surface area contributed by atoms with Crippen LogP contribution in [0.5, 0.6) is 0 Å². The van der Waals surface area contributed by atoms with E-state index in [0.717, 1.165) is 0 Å². The standard InChI is InChI=1S/C17H22N4O8/c1-8(23)26-5-12-14(27-9(2)24)15(28-10(3)25)17(29-12)21-7-20-13-11(4-22)18-6-19-16(13)21/h6-7,11-12,14-15,17,22H,4-5H2,1-3H3,(H,18,19)/t11?,12-,14-,15-,17-/m1/s1. The quantitative estimate of drug-likeness (QED) is 0.464. The molecule has 29 heavy (non-hydrogen) atoms. The van der Waals surface area contributed by atoms with Gasteiger partial charge in [0.1, 0.15) is 18.4 Å². The molecular formula is C17H22N4O8. The number of nitrogens with one attached hydrogen (secondary N) is 1. The first-order valence-electron chi connectivity index (χ1n) is 8.91. The van der Waals surface area contributed by atoms with Crippen LogP contribution < -0.4 is 5.32 Å². The molecule has 3 heterocycles. The fourth-order valence-electron chi connectivity index (χ4n) is 3.26. The number of aliphatic imine (C=N–C) groups is 1. The number of nitrogens with zero attached hydrogens (tertiary/aromatic N) is 3. The maximum absolute atomic E-state index is 11.7. The highest BCUT2D eigenvalue weighted by molar-refractivity contribution is 5.68. The van der Waals surface area contributed by atoms with Gasteiger partial charge < -0.3 is 29.4 Å².